The molecule has 2 atom stereocenters. The van der Waals surface area contributed by atoms with E-state index in [1.807, 2.05) is 6.92 Å². The van der Waals surface area contributed by atoms with Gasteiger partial charge in [0.25, 0.3) is 0 Å². The lowest BCUT2D eigenvalue weighted by Gasteiger charge is -2.22. The second kappa shape index (κ2) is 6.34. The second-order valence-electron chi connectivity index (χ2n) is 4.70. The van der Waals surface area contributed by atoms with Gasteiger partial charge in [0.15, 0.2) is 9.84 Å². The summed E-state index contributed by atoms with van der Waals surface area (Å²) in [4.78, 5) is -0.0950. The number of rotatable bonds is 6. The van der Waals surface area contributed by atoms with Gasteiger partial charge < -0.3 is 10.5 Å². The first-order chi connectivity index (χ1) is 8.74. The third-order valence-electron chi connectivity index (χ3n) is 2.72. The van der Waals surface area contributed by atoms with Gasteiger partial charge in [-0.15, -0.1) is 0 Å². The van der Waals surface area contributed by atoms with Gasteiger partial charge in [0.1, 0.15) is 17.7 Å². The van der Waals surface area contributed by atoms with E-state index < -0.39 is 15.7 Å². The Morgan fingerprint density at radius 3 is 2.47 bits per heavy atom. The highest BCUT2D eigenvalue weighted by Crippen LogP contribution is 2.22. The Kier molecular flexibility index (Phi) is 5.31. The number of benzene rings is 1. The van der Waals surface area contributed by atoms with Crippen molar-refractivity contribution in [3.05, 3.63) is 24.0 Å². The summed E-state index contributed by atoms with van der Waals surface area (Å²) in [7, 11) is -3.47. The number of hydrogen-bond acceptors (Lipinski definition) is 4. The van der Waals surface area contributed by atoms with E-state index in [0.29, 0.717) is 0 Å². The van der Waals surface area contributed by atoms with Crippen molar-refractivity contribution in [2.24, 2.45) is 5.73 Å². The maximum absolute atomic E-state index is 13.4. The molecule has 0 aromatic heterocycles. The van der Waals surface area contributed by atoms with Gasteiger partial charge >= 0.3 is 0 Å². The minimum Gasteiger partial charge on any atom is -0.489 e. The first-order valence-electron chi connectivity index (χ1n) is 6.17. The molecule has 0 bridgehead atoms. The number of halogens is 1. The van der Waals surface area contributed by atoms with E-state index in [0.717, 1.165) is 25.2 Å². The third-order valence-corrected chi connectivity index (χ3v) is 3.81. The van der Waals surface area contributed by atoms with Gasteiger partial charge in [-0.05, 0) is 25.5 Å². The molecule has 0 fully saturated rings. The molecule has 2 N–H and O–H groups in total. The van der Waals surface area contributed by atoms with Gasteiger partial charge in [-0.2, -0.15) is 0 Å². The number of ether oxygens (including phenoxy) is 1. The van der Waals surface area contributed by atoms with E-state index in [4.69, 9.17) is 10.5 Å². The molecule has 0 aliphatic carbocycles. The summed E-state index contributed by atoms with van der Waals surface area (Å²) in [5, 5.41) is 0. The molecule has 0 saturated carbocycles. The minimum absolute atomic E-state index is 0.0950. The van der Waals surface area contributed by atoms with Crippen LogP contribution in [0.5, 0.6) is 5.75 Å². The third kappa shape index (κ3) is 4.80. The van der Waals surface area contributed by atoms with Crippen molar-refractivity contribution >= 4 is 9.84 Å². The molecule has 1 aromatic rings. The lowest BCUT2D eigenvalue weighted by Crippen LogP contribution is -2.36. The Morgan fingerprint density at radius 2 is 2.00 bits per heavy atom. The molecule has 0 saturated heterocycles. The van der Waals surface area contributed by atoms with Crippen LogP contribution in [0.3, 0.4) is 0 Å². The van der Waals surface area contributed by atoms with Crippen LogP contribution in [0.4, 0.5) is 4.39 Å². The van der Waals surface area contributed by atoms with Crippen LogP contribution in [-0.4, -0.2) is 26.8 Å². The molecule has 0 aliphatic rings. The fourth-order valence-corrected chi connectivity index (χ4v) is 2.36. The van der Waals surface area contributed by atoms with E-state index >= 15 is 0 Å². The molecule has 2 unspecified atom stereocenters. The zero-order valence-electron chi connectivity index (χ0n) is 11.4. The van der Waals surface area contributed by atoms with Crippen molar-refractivity contribution in [2.75, 3.05) is 6.26 Å². The zero-order chi connectivity index (χ0) is 14.6. The molecule has 6 heteroatoms. The smallest absolute Gasteiger partial charge is 0.175 e. The molecule has 19 heavy (non-hydrogen) atoms. The zero-order valence-corrected chi connectivity index (χ0v) is 12.2. The van der Waals surface area contributed by atoms with E-state index in [1.54, 1.807) is 6.92 Å². The molecule has 108 valence electrons. The highest BCUT2D eigenvalue weighted by molar-refractivity contribution is 7.90. The lowest BCUT2D eigenvalue weighted by atomic mass is 10.1. The predicted molar refractivity (Wildman–Crippen MR) is 72.5 cm³/mol. The van der Waals surface area contributed by atoms with Gasteiger partial charge in [-0.3, -0.25) is 0 Å². The highest BCUT2D eigenvalue weighted by atomic mass is 32.2. The summed E-state index contributed by atoms with van der Waals surface area (Å²) in [6.45, 7) is 3.79. The van der Waals surface area contributed by atoms with E-state index in [1.165, 1.54) is 12.1 Å². The molecule has 4 nitrogen and oxygen atoms in total. The van der Waals surface area contributed by atoms with Crippen LogP contribution in [0, 0.1) is 5.82 Å². The highest BCUT2D eigenvalue weighted by Gasteiger charge is 2.17. The SMILES string of the molecule is CCCC(Oc1cc(F)cc(S(C)(=O)=O)c1)C(C)N. The van der Waals surface area contributed by atoms with Crippen LogP contribution in [0.25, 0.3) is 0 Å². The Bertz CT molecular complexity index is 529. The van der Waals surface area contributed by atoms with Crippen molar-refractivity contribution in [3.63, 3.8) is 0 Å². The first kappa shape index (κ1) is 15.9. The maximum atomic E-state index is 13.4. The summed E-state index contributed by atoms with van der Waals surface area (Å²) in [5.41, 5.74) is 5.80. The average Bonchev–Trinajstić information content (AvgIpc) is 2.26. The van der Waals surface area contributed by atoms with Gasteiger partial charge in [-0.25, -0.2) is 12.8 Å². The van der Waals surface area contributed by atoms with Crippen LogP contribution in [0.2, 0.25) is 0 Å². The van der Waals surface area contributed by atoms with Crippen LogP contribution in [-0.2, 0) is 9.84 Å². The first-order valence-corrected chi connectivity index (χ1v) is 8.06. The van der Waals surface area contributed by atoms with Gasteiger partial charge in [0, 0.05) is 18.4 Å². The quantitative estimate of drug-likeness (QED) is 0.871. The summed E-state index contributed by atoms with van der Waals surface area (Å²) in [6, 6.07) is 3.25. The Morgan fingerprint density at radius 1 is 1.37 bits per heavy atom. The molecular formula is C13H20FNO3S. The number of hydrogen-bond donors (Lipinski definition) is 1. The van der Waals surface area contributed by atoms with Crippen molar-refractivity contribution in [3.8, 4) is 5.75 Å². The standard InChI is InChI=1S/C13H20FNO3S/c1-4-5-13(9(2)15)18-11-6-10(14)7-12(8-11)19(3,16)17/h6-9,13H,4-5,15H2,1-3H3. The van der Waals surface area contributed by atoms with E-state index in [-0.39, 0.29) is 22.8 Å². The van der Waals surface area contributed by atoms with Crippen molar-refractivity contribution in [1.29, 1.82) is 0 Å². The average molecular weight is 289 g/mol. The Balaban J connectivity index is 3.04. The minimum atomic E-state index is -3.47. The molecule has 1 aromatic carbocycles. The topological polar surface area (TPSA) is 69.4 Å². The Labute approximate surface area is 113 Å². The van der Waals surface area contributed by atoms with Gasteiger partial charge in [-0.1, -0.05) is 13.3 Å². The summed E-state index contributed by atoms with van der Waals surface area (Å²) >= 11 is 0. The van der Waals surface area contributed by atoms with Crippen LogP contribution >= 0.6 is 0 Å². The van der Waals surface area contributed by atoms with Crippen LogP contribution in [0.15, 0.2) is 23.1 Å². The van der Waals surface area contributed by atoms with Gasteiger partial charge in [0.05, 0.1) is 4.90 Å². The largest absolute Gasteiger partial charge is 0.489 e. The normalized spacial score (nSPS) is 15.0. The Hall–Kier alpha value is -1.14. The van der Waals surface area contributed by atoms with Crippen LogP contribution in [0.1, 0.15) is 26.7 Å². The lowest BCUT2D eigenvalue weighted by molar-refractivity contribution is 0.165. The van der Waals surface area contributed by atoms with Gasteiger partial charge in [0.2, 0.25) is 0 Å². The maximum Gasteiger partial charge on any atom is 0.175 e. The molecule has 0 heterocycles. The summed E-state index contributed by atoms with van der Waals surface area (Å²) < 4.78 is 41.9. The molecule has 0 radical (unpaired) electrons. The predicted octanol–water partition coefficient (Wildman–Crippen LogP) is 2.12. The fraction of sp³-hybridized carbons (Fsp3) is 0.538. The number of sulfone groups is 1. The van der Waals surface area contributed by atoms with E-state index in [2.05, 4.69) is 0 Å². The van der Waals surface area contributed by atoms with Crippen LogP contribution < -0.4 is 10.5 Å². The molecule has 0 aliphatic heterocycles. The summed E-state index contributed by atoms with van der Waals surface area (Å²) in [5.74, 6) is -0.450. The van der Waals surface area contributed by atoms with Crippen molar-refractivity contribution < 1.29 is 17.5 Å². The molecule has 0 spiro atoms. The molecular weight excluding hydrogens is 269 g/mol. The van der Waals surface area contributed by atoms with Crippen molar-refractivity contribution in [1.82, 2.24) is 0 Å². The fourth-order valence-electron chi connectivity index (χ4n) is 1.71. The van der Waals surface area contributed by atoms with E-state index in [9.17, 15) is 12.8 Å². The molecule has 0 amide bonds. The van der Waals surface area contributed by atoms with Crippen molar-refractivity contribution in [2.45, 2.75) is 43.7 Å². The molecule has 1 rings (SSSR count). The summed E-state index contributed by atoms with van der Waals surface area (Å²) in [6.07, 6.45) is 2.36. The monoisotopic (exact) mass is 289 g/mol. The number of nitrogens with two attached hydrogens (primary N) is 1. The second-order valence-corrected chi connectivity index (χ2v) is 6.71.